The third-order valence-electron chi connectivity index (χ3n) is 2.45. The number of benzene rings is 1. The maximum absolute atomic E-state index is 12.6. The van der Waals surface area contributed by atoms with Gasteiger partial charge in [0.25, 0.3) is 0 Å². The van der Waals surface area contributed by atoms with Gasteiger partial charge in [0.15, 0.2) is 0 Å². The van der Waals surface area contributed by atoms with E-state index in [-0.39, 0.29) is 15.7 Å². The number of carbonyl (C=O) groups is 1. The predicted octanol–water partition coefficient (Wildman–Crippen LogP) is 4.27. The second-order valence-electron chi connectivity index (χ2n) is 5.21. The molecule has 0 aliphatic rings. The smallest absolute Gasteiger partial charge is 0.272 e. The molecule has 2 N–H and O–H groups in total. The van der Waals surface area contributed by atoms with Crippen LogP contribution >= 0.6 is 23.2 Å². The van der Waals surface area contributed by atoms with Gasteiger partial charge in [0, 0.05) is 5.41 Å². The van der Waals surface area contributed by atoms with Gasteiger partial charge in [0.1, 0.15) is 0 Å². The number of nitrogens with two attached hydrogens (primary N) is 1. The van der Waals surface area contributed by atoms with Gasteiger partial charge in [-0.05, 0) is 12.1 Å². The van der Waals surface area contributed by atoms with Gasteiger partial charge in [0.2, 0.25) is 5.91 Å². The van der Waals surface area contributed by atoms with Crippen molar-refractivity contribution in [3.8, 4) is 0 Å². The van der Waals surface area contributed by atoms with Gasteiger partial charge >= 0.3 is 6.18 Å². The van der Waals surface area contributed by atoms with Crippen molar-refractivity contribution in [3.05, 3.63) is 27.7 Å². The number of hydrazine groups is 1. The first kappa shape index (κ1) is 17.1. The predicted molar refractivity (Wildman–Crippen MR) is 72.6 cm³/mol. The van der Waals surface area contributed by atoms with Gasteiger partial charge in [-0.15, -0.1) is 0 Å². The van der Waals surface area contributed by atoms with E-state index in [9.17, 15) is 18.0 Å². The molecule has 0 radical (unpaired) electrons. The maximum Gasteiger partial charge on any atom is 0.416 e. The number of anilines is 1. The molecule has 1 aromatic rings. The van der Waals surface area contributed by atoms with Crippen LogP contribution in [0.1, 0.15) is 26.3 Å². The minimum absolute atomic E-state index is 0.152. The lowest BCUT2D eigenvalue weighted by Gasteiger charge is -2.27. The van der Waals surface area contributed by atoms with E-state index >= 15 is 0 Å². The van der Waals surface area contributed by atoms with Gasteiger partial charge in [-0.3, -0.25) is 4.79 Å². The van der Waals surface area contributed by atoms with Crippen LogP contribution in [0.15, 0.2) is 12.1 Å². The highest BCUT2D eigenvalue weighted by molar-refractivity contribution is 6.40. The Balaban J connectivity index is 3.32. The SMILES string of the molecule is CC(C)(C)C(=O)N(N)c1c(Cl)cc(C(F)(F)F)cc1Cl. The van der Waals surface area contributed by atoms with E-state index in [1.165, 1.54) is 0 Å². The Morgan fingerprint density at radius 2 is 1.55 bits per heavy atom. The Morgan fingerprint density at radius 3 is 1.85 bits per heavy atom. The van der Waals surface area contributed by atoms with Crippen LogP contribution in [0.25, 0.3) is 0 Å². The van der Waals surface area contributed by atoms with Gasteiger partial charge in [-0.1, -0.05) is 44.0 Å². The van der Waals surface area contributed by atoms with Crippen molar-refractivity contribution < 1.29 is 18.0 Å². The van der Waals surface area contributed by atoms with E-state index in [1.54, 1.807) is 20.8 Å². The van der Waals surface area contributed by atoms with Crippen molar-refractivity contribution in [1.29, 1.82) is 0 Å². The topological polar surface area (TPSA) is 46.3 Å². The Morgan fingerprint density at radius 1 is 1.15 bits per heavy atom. The van der Waals surface area contributed by atoms with Crippen molar-refractivity contribution in [2.75, 3.05) is 5.01 Å². The Kier molecular flexibility index (Phi) is 4.63. The molecule has 0 saturated carbocycles. The third kappa shape index (κ3) is 3.56. The summed E-state index contributed by atoms with van der Waals surface area (Å²) in [6.45, 7) is 4.84. The minimum atomic E-state index is -4.58. The van der Waals surface area contributed by atoms with Crippen molar-refractivity contribution in [3.63, 3.8) is 0 Å². The quantitative estimate of drug-likeness (QED) is 0.475. The average Bonchev–Trinajstić information content (AvgIpc) is 2.24. The summed E-state index contributed by atoms with van der Waals surface area (Å²) in [7, 11) is 0. The fraction of sp³-hybridized carbons (Fsp3) is 0.417. The molecule has 0 aliphatic carbocycles. The van der Waals surface area contributed by atoms with E-state index in [0.29, 0.717) is 17.1 Å². The molecule has 0 spiro atoms. The van der Waals surface area contributed by atoms with Crippen LogP contribution in [0, 0.1) is 5.41 Å². The minimum Gasteiger partial charge on any atom is -0.272 e. The van der Waals surface area contributed by atoms with Gasteiger partial charge in [-0.2, -0.15) is 13.2 Å². The molecule has 0 unspecified atom stereocenters. The van der Waals surface area contributed by atoms with Crippen LogP contribution in [0.3, 0.4) is 0 Å². The summed E-state index contributed by atoms with van der Waals surface area (Å²) in [5, 5.41) is -0.0139. The van der Waals surface area contributed by atoms with Crippen molar-refractivity contribution in [2.45, 2.75) is 26.9 Å². The van der Waals surface area contributed by atoms with Crippen LogP contribution in [-0.2, 0) is 11.0 Å². The maximum atomic E-state index is 12.6. The van der Waals surface area contributed by atoms with Crippen LogP contribution < -0.4 is 10.9 Å². The van der Waals surface area contributed by atoms with Gasteiger partial charge in [0.05, 0.1) is 21.3 Å². The molecule has 1 amide bonds. The van der Waals surface area contributed by atoms with Crippen molar-refractivity contribution in [2.24, 2.45) is 11.3 Å². The lowest BCUT2D eigenvalue weighted by Crippen LogP contribution is -2.44. The molecular weight excluding hydrogens is 316 g/mol. The second-order valence-corrected chi connectivity index (χ2v) is 6.03. The zero-order valence-corrected chi connectivity index (χ0v) is 12.5. The standard InChI is InChI=1S/C12H13Cl2F3N2O/c1-11(2,3)10(20)19(18)9-7(13)4-6(5-8(9)14)12(15,16)17/h4-5H,18H2,1-3H3. The molecule has 0 saturated heterocycles. The molecule has 8 heteroatoms. The molecule has 0 fully saturated rings. The zero-order chi connectivity index (χ0) is 15.9. The number of carbonyl (C=O) groups excluding carboxylic acids is 1. The summed E-state index contributed by atoms with van der Waals surface area (Å²) in [5.74, 6) is 5.09. The highest BCUT2D eigenvalue weighted by Crippen LogP contribution is 2.40. The molecule has 0 aliphatic heterocycles. The Bertz CT molecular complexity index is 515. The molecule has 0 heterocycles. The van der Waals surface area contributed by atoms with Crippen molar-refractivity contribution >= 4 is 34.8 Å². The number of alkyl halides is 3. The first-order valence-electron chi connectivity index (χ1n) is 5.51. The summed E-state index contributed by atoms with van der Waals surface area (Å²) in [6.07, 6.45) is -4.58. The summed E-state index contributed by atoms with van der Waals surface area (Å²) in [5.41, 5.74) is -1.99. The normalized spacial score (nSPS) is 12.4. The average molecular weight is 329 g/mol. The monoisotopic (exact) mass is 328 g/mol. The lowest BCUT2D eigenvalue weighted by molar-refractivity contribution is -0.137. The Labute approximate surface area is 124 Å². The van der Waals surface area contributed by atoms with Crippen molar-refractivity contribution in [1.82, 2.24) is 0 Å². The fourth-order valence-electron chi connectivity index (χ4n) is 1.42. The number of hydrogen-bond donors (Lipinski definition) is 1. The summed E-state index contributed by atoms with van der Waals surface area (Å²) in [4.78, 5) is 12.0. The van der Waals surface area contributed by atoms with E-state index in [0.717, 1.165) is 0 Å². The summed E-state index contributed by atoms with van der Waals surface area (Å²) >= 11 is 11.5. The van der Waals surface area contributed by atoms with Crippen LogP contribution in [-0.4, -0.2) is 5.91 Å². The number of amides is 1. The Hall–Kier alpha value is -0.980. The fourth-order valence-corrected chi connectivity index (χ4v) is 2.09. The molecule has 0 aromatic heterocycles. The molecule has 3 nitrogen and oxygen atoms in total. The van der Waals surface area contributed by atoms with E-state index < -0.39 is 23.1 Å². The summed E-state index contributed by atoms with van der Waals surface area (Å²) < 4.78 is 37.8. The molecule has 1 aromatic carbocycles. The number of nitrogens with zero attached hydrogens (tertiary/aromatic N) is 1. The second kappa shape index (κ2) is 5.42. The molecule has 1 rings (SSSR count). The highest BCUT2D eigenvalue weighted by atomic mass is 35.5. The molecule has 20 heavy (non-hydrogen) atoms. The first-order chi connectivity index (χ1) is 8.85. The molecule has 0 bridgehead atoms. The van der Waals surface area contributed by atoms with E-state index in [1.807, 2.05) is 0 Å². The first-order valence-corrected chi connectivity index (χ1v) is 6.27. The number of halogens is 5. The van der Waals surface area contributed by atoms with E-state index in [2.05, 4.69) is 0 Å². The molecule has 112 valence electrons. The molecule has 0 atom stereocenters. The summed E-state index contributed by atoms with van der Waals surface area (Å²) in [6, 6.07) is 1.36. The molecular formula is C12H13Cl2F3N2O. The number of rotatable bonds is 1. The van der Waals surface area contributed by atoms with Crippen LogP contribution in [0.5, 0.6) is 0 Å². The van der Waals surface area contributed by atoms with Crippen LogP contribution in [0.2, 0.25) is 10.0 Å². The van der Waals surface area contributed by atoms with Gasteiger partial charge < -0.3 is 0 Å². The third-order valence-corrected chi connectivity index (χ3v) is 3.02. The van der Waals surface area contributed by atoms with Crippen LogP contribution in [0.4, 0.5) is 18.9 Å². The van der Waals surface area contributed by atoms with E-state index in [4.69, 9.17) is 29.0 Å². The van der Waals surface area contributed by atoms with Gasteiger partial charge in [-0.25, -0.2) is 10.9 Å². The zero-order valence-electron chi connectivity index (χ0n) is 11.0. The largest absolute Gasteiger partial charge is 0.416 e. The number of hydrogen-bond acceptors (Lipinski definition) is 2. The highest BCUT2D eigenvalue weighted by Gasteiger charge is 2.34. The lowest BCUT2D eigenvalue weighted by atomic mass is 9.95.